The fraction of sp³-hybridized carbons (Fsp3) is 0.875. The van der Waals surface area contributed by atoms with Crippen LogP contribution >= 0.6 is 0 Å². The van der Waals surface area contributed by atoms with Gasteiger partial charge in [0.1, 0.15) is 0 Å². The van der Waals surface area contributed by atoms with Crippen LogP contribution in [-0.2, 0) is 9.53 Å². The van der Waals surface area contributed by atoms with Gasteiger partial charge in [-0.1, -0.05) is 12.8 Å². The molecule has 1 heterocycles. The fourth-order valence-electron chi connectivity index (χ4n) is 3.24. The Labute approximate surface area is 138 Å². The Kier molecular flexibility index (Phi) is 7.11. The predicted octanol–water partition coefficient (Wildman–Crippen LogP) is 0.407. The van der Waals surface area contributed by atoms with E-state index in [4.69, 9.17) is 4.74 Å². The van der Waals surface area contributed by atoms with Gasteiger partial charge in [-0.15, -0.1) is 0 Å². The zero-order valence-electron chi connectivity index (χ0n) is 14.3. The number of carbonyl (C=O) groups is 2. The van der Waals surface area contributed by atoms with Crippen molar-refractivity contribution in [2.45, 2.75) is 44.7 Å². The molecule has 1 aliphatic heterocycles. The second-order valence-electron chi connectivity index (χ2n) is 6.41. The molecule has 0 aromatic heterocycles. The third-order valence-electron chi connectivity index (χ3n) is 4.81. The van der Waals surface area contributed by atoms with Gasteiger partial charge in [0.05, 0.1) is 12.6 Å². The first-order valence-corrected chi connectivity index (χ1v) is 8.68. The van der Waals surface area contributed by atoms with E-state index in [9.17, 15) is 9.59 Å². The van der Waals surface area contributed by atoms with Crippen LogP contribution in [0.25, 0.3) is 0 Å². The van der Waals surface area contributed by atoms with Crippen LogP contribution < -0.4 is 10.6 Å². The molecule has 7 nitrogen and oxygen atoms in total. The average Bonchev–Trinajstić information content (AvgIpc) is 3.07. The molecular weight excluding hydrogens is 296 g/mol. The number of rotatable bonds is 6. The van der Waals surface area contributed by atoms with Gasteiger partial charge in [-0.05, 0) is 19.8 Å². The van der Waals surface area contributed by atoms with E-state index in [0.29, 0.717) is 32.3 Å². The SMILES string of the molecule is COCCNC(=O)N1CCN(C(C)C(=O)NC2CCCC2)CC1. The number of methoxy groups -OCH3 is 1. The van der Waals surface area contributed by atoms with Gasteiger partial charge in [-0.25, -0.2) is 4.79 Å². The Bertz CT molecular complexity index is 391. The maximum absolute atomic E-state index is 12.3. The first-order chi connectivity index (χ1) is 11.1. The van der Waals surface area contributed by atoms with Crippen LogP contribution in [0, 0.1) is 0 Å². The highest BCUT2D eigenvalue weighted by Crippen LogP contribution is 2.18. The molecule has 1 saturated heterocycles. The molecule has 0 radical (unpaired) electrons. The summed E-state index contributed by atoms with van der Waals surface area (Å²) in [5, 5.41) is 5.99. The molecule has 7 heteroatoms. The number of ether oxygens (including phenoxy) is 1. The highest BCUT2D eigenvalue weighted by molar-refractivity contribution is 5.81. The normalized spacial score (nSPS) is 21.2. The topological polar surface area (TPSA) is 73.9 Å². The number of hydrogen-bond donors (Lipinski definition) is 2. The van der Waals surface area contributed by atoms with Gasteiger partial charge >= 0.3 is 6.03 Å². The van der Waals surface area contributed by atoms with Crippen LogP contribution in [0.5, 0.6) is 0 Å². The molecule has 1 unspecified atom stereocenters. The van der Waals surface area contributed by atoms with Crippen molar-refractivity contribution in [1.82, 2.24) is 20.4 Å². The standard InChI is InChI=1S/C16H30N4O3/c1-13(15(21)18-14-5-3-4-6-14)19-8-10-20(11-9-19)16(22)17-7-12-23-2/h13-14H,3-12H2,1-2H3,(H,17,22)(H,18,21). The Balaban J connectivity index is 1.70. The largest absolute Gasteiger partial charge is 0.383 e. The Morgan fingerprint density at radius 3 is 2.43 bits per heavy atom. The van der Waals surface area contributed by atoms with E-state index in [1.165, 1.54) is 12.8 Å². The van der Waals surface area contributed by atoms with E-state index >= 15 is 0 Å². The van der Waals surface area contributed by atoms with E-state index in [2.05, 4.69) is 15.5 Å². The lowest BCUT2D eigenvalue weighted by Gasteiger charge is -2.37. The Morgan fingerprint density at radius 1 is 1.17 bits per heavy atom. The minimum absolute atomic E-state index is 0.0511. The van der Waals surface area contributed by atoms with E-state index in [-0.39, 0.29) is 18.0 Å². The molecule has 1 aliphatic carbocycles. The number of nitrogens with one attached hydrogen (secondary N) is 2. The van der Waals surface area contributed by atoms with Gasteiger partial charge in [-0.3, -0.25) is 9.69 Å². The second-order valence-corrected chi connectivity index (χ2v) is 6.41. The van der Waals surface area contributed by atoms with E-state index in [1.54, 1.807) is 12.0 Å². The van der Waals surface area contributed by atoms with Crippen LogP contribution in [0.3, 0.4) is 0 Å². The van der Waals surface area contributed by atoms with Gasteiger partial charge in [0.2, 0.25) is 5.91 Å². The van der Waals surface area contributed by atoms with E-state index in [0.717, 1.165) is 25.9 Å². The van der Waals surface area contributed by atoms with Crippen LogP contribution in [0.2, 0.25) is 0 Å². The highest BCUT2D eigenvalue weighted by atomic mass is 16.5. The molecule has 0 aromatic rings. The van der Waals surface area contributed by atoms with Crippen molar-refractivity contribution in [3.05, 3.63) is 0 Å². The monoisotopic (exact) mass is 326 g/mol. The summed E-state index contributed by atoms with van der Waals surface area (Å²) in [6.07, 6.45) is 4.65. The molecule has 0 spiro atoms. The maximum Gasteiger partial charge on any atom is 0.317 e. The molecule has 2 rings (SSSR count). The zero-order chi connectivity index (χ0) is 16.7. The van der Waals surface area contributed by atoms with Crippen molar-refractivity contribution in [1.29, 1.82) is 0 Å². The first-order valence-electron chi connectivity index (χ1n) is 8.68. The number of nitrogens with zero attached hydrogens (tertiary/aromatic N) is 2. The van der Waals surface area contributed by atoms with Crippen molar-refractivity contribution in [2.75, 3.05) is 46.4 Å². The summed E-state index contributed by atoms with van der Waals surface area (Å²) in [5.74, 6) is 0.120. The summed E-state index contributed by atoms with van der Waals surface area (Å²) in [7, 11) is 1.61. The Hall–Kier alpha value is -1.34. The molecule has 132 valence electrons. The predicted molar refractivity (Wildman–Crippen MR) is 88.3 cm³/mol. The van der Waals surface area contributed by atoms with Gasteiger partial charge in [0, 0.05) is 45.9 Å². The third kappa shape index (κ3) is 5.35. The summed E-state index contributed by atoms with van der Waals surface area (Å²) in [5.41, 5.74) is 0. The number of hydrogen-bond acceptors (Lipinski definition) is 4. The minimum Gasteiger partial charge on any atom is -0.383 e. The fourth-order valence-corrected chi connectivity index (χ4v) is 3.24. The van der Waals surface area contributed by atoms with Crippen molar-refractivity contribution in [3.63, 3.8) is 0 Å². The lowest BCUT2D eigenvalue weighted by atomic mass is 10.2. The molecule has 3 amide bonds. The van der Waals surface area contributed by atoms with Crippen molar-refractivity contribution < 1.29 is 14.3 Å². The number of carbonyl (C=O) groups excluding carboxylic acids is 2. The van der Waals surface area contributed by atoms with E-state index < -0.39 is 0 Å². The molecule has 0 bridgehead atoms. The molecular formula is C16H30N4O3. The lowest BCUT2D eigenvalue weighted by molar-refractivity contribution is -0.127. The van der Waals surface area contributed by atoms with Gasteiger partial charge in [0.15, 0.2) is 0 Å². The van der Waals surface area contributed by atoms with Crippen molar-refractivity contribution in [3.8, 4) is 0 Å². The summed E-state index contributed by atoms with van der Waals surface area (Å²) in [6.45, 7) is 5.77. The molecule has 2 fully saturated rings. The number of urea groups is 1. The quantitative estimate of drug-likeness (QED) is 0.693. The second kappa shape index (κ2) is 9.08. The van der Waals surface area contributed by atoms with Gasteiger partial charge in [0.25, 0.3) is 0 Å². The van der Waals surface area contributed by atoms with Gasteiger partial charge < -0.3 is 20.3 Å². The summed E-state index contributed by atoms with van der Waals surface area (Å²) in [4.78, 5) is 28.3. The Morgan fingerprint density at radius 2 is 1.83 bits per heavy atom. The lowest BCUT2D eigenvalue weighted by Crippen LogP contribution is -2.57. The number of piperazine rings is 1. The highest BCUT2D eigenvalue weighted by Gasteiger charge is 2.28. The van der Waals surface area contributed by atoms with Crippen LogP contribution in [-0.4, -0.2) is 80.3 Å². The molecule has 2 N–H and O–H groups in total. The van der Waals surface area contributed by atoms with E-state index in [1.807, 2.05) is 6.92 Å². The minimum atomic E-state index is -0.130. The van der Waals surface area contributed by atoms with Gasteiger partial charge in [-0.2, -0.15) is 0 Å². The van der Waals surface area contributed by atoms with Crippen molar-refractivity contribution >= 4 is 11.9 Å². The molecule has 1 saturated carbocycles. The summed E-state index contributed by atoms with van der Waals surface area (Å²) < 4.78 is 4.92. The zero-order valence-corrected chi connectivity index (χ0v) is 14.3. The maximum atomic E-state index is 12.3. The van der Waals surface area contributed by atoms with Crippen LogP contribution in [0.4, 0.5) is 4.79 Å². The molecule has 0 aromatic carbocycles. The average molecular weight is 326 g/mol. The number of amides is 3. The first kappa shape index (κ1) is 18.0. The summed E-state index contributed by atoms with van der Waals surface area (Å²) >= 11 is 0. The van der Waals surface area contributed by atoms with Crippen LogP contribution in [0.15, 0.2) is 0 Å². The van der Waals surface area contributed by atoms with Crippen molar-refractivity contribution in [2.24, 2.45) is 0 Å². The summed E-state index contributed by atoms with van der Waals surface area (Å²) in [6, 6.07) is 0.178. The smallest absolute Gasteiger partial charge is 0.317 e. The third-order valence-corrected chi connectivity index (χ3v) is 4.81. The van der Waals surface area contributed by atoms with Crippen LogP contribution in [0.1, 0.15) is 32.6 Å². The molecule has 2 aliphatic rings. The molecule has 1 atom stereocenters. The molecule has 23 heavy (non-hydrogen) atoms.